The highest BCUT2D eigenvalue weighted by Gasteiger charge is 2.30. The van der Waals surface area contributed by atoms with E-state index in [1.165, 1.54) is 18.2 Å². The first-order chi connectivity index (χ1) is 7.40. The van der Waals surface area contributed by atoms with Crippen molar-refractivity contribution in [2.24, 2.45) is 0 Å². The van der Waals surface area contributed by atoms with Gasteiger partial charge in [0, 0.05) is 0 Å². The molecule has 1 aromatic rings. The van der Waals surface area contributed by atoms with Gasteiger partial charge < -0.3 is 9.84 Å². The summed E-state index contributed by atoms with van der Waals surface area (Å²) in [7, 11) is 0. The standard InChI is InChI=1S/C11H11F3O2/c1-8(7-15)5-9-3-2-4-10(6-9)16-11(12,13)14/h2-6,15H,7H2,1H3/b8-5-. The molecule has 5 heteroatoms. The summed E-state index contributed by atoms with van der Waals surface area (Å²) >= 11 is 0. The number of hydrogen-bond donors (Lipinski definition) is 1. The molecule has 0 aliphatic carbocycles. The van der Waals surface area contributed by atoms with Gasteiger partial charge in [0.1, 0.15) is 5.75 Å². The predicted octanol–water partition coefficient (Wildman–Crippen LogP) is 2.98. The van der Waals surface area contributed by atoms with Gasteiger partial charge in [-0.05, 0) is 30.2 Å². The molecule has 0 unspecified atom stereocenters. The molecule has 0 aromatic heterocycles. The van der Waals surface area contributed by atoms with E-state index >= 15 is 0 Å². The molecule has 0 amide bonds. The topological polar surface area (TPSA) is 29.5 Å². The molecule has 88 valence electrons. The molecule has 1 rings (SSSR count). The van der Waals surface area contributed by atoms with Crippen molar-refractivity contribution < 1.29 is 23.0 Å². The van der Waals surface area contributed by atoms with Gasteiger partial charge in [-0.25, -0.2) is 0 Å². The maximum Gasteiger partial charge on any atom is 0.573 e. The first-order valence-corrected chi connectivity index (χ1v) is 4.54. The van der Waals surface area contributed by atoms with Gasteiger partial charge in [0.25, 0.3) is 0 Å². The lowest BCUT2D eigenvalue weighted by Crippen LogP contribution is -2.17. The van der Waals surface area contributed by atoms with Crippen LogP contribution in [0.1, 0.15) is 12.5 Å². The number of halogens is 3. The van der Waals surface area contributed by atoms with E-state index in [0.717, 1.165) is 0 Å². The fourth-order valence-corrected chi connectivity index (χ4v) is 1.13. The second-order valence-corrected chi connectivity index (χ2v) is 3.27. The minimum atomic E-state index is -4.69. The van der Waals surface area contributed by atoms with Crippen molar-refractivity contribution in [3.8, 4) is 5.75 Å². The van der Waals surface area contributed by atoms with Crippen molar-refractivity contribution in [3.63, 3.8) is 0 Å². The lowest BCUT2D eigenvalue weighted by atomic mass is 10.1. The molecule has 0 radical (unpaired) electrons. The fraction of sp³-hybridized carbons (Fsp3) is 0.273. The summed E-state index contributed by atoms with van der Waals surface area (Å²) in [4.78, 5) is 0. The quantitative estimate of drug-likeness (QED) is 0.868. The minimum Gasteiger partial charge on any atom is -0.406 e. The third-order valence-corrected chi connectivity index (χ3v) is 1.75. The molecule has 0 atom stereocenters. The average Bonchev–Trinajstić information content (AvgIpc) is 2.15. The second kappa shape index (κ2) is 5.03. The zero-order valence-corrected chi connectivity index (χ0v) is 8.58. The molecule has 0 bridgehead atoms. The summed E-state index contributed by atoms with van der Waals surface area (Å²) in [5, 5.41) is 8.77. The average molecular weight is 232 g/mol. The fourth-order valence-electron chi connectivity index (χ4n) is 1.13. The van der Waals surface area contributed by atoms with Crippen LogP contribution in [0.3, 0.4) is 0 Å². The lowest BCUT2D eigenvalue weighted by molar-refractivity contribution is -0.274. The molecule has 0 aliphatic heterocycles. The Labute approximate surface area is 91.0 Å². The molecule has 0 saturated heterocycles. The molecular formula is C11H11F3O2. The Balaban J connectivity index is 2.87. The normalized spacial score (nSPS) is 12.7. The highest BCUT2D eigenvalue weighted by atomic mass is 19.4. The van der Waals surface area contributed by atoms with Crippen molar-refractivity contribution in [2.45, 2.75) is 13.3 Å². The number of benzene rings is 1. The van der Waals surface area contributed by atoms with Crippen LogP contribution in [0, 0.1) is 0 Å². The summed E-state index contributed by atoms with van der Waals surface area (Å²) in [6.07, 6.45) is -3.10. The lowest BCUT2D eigenvalue weighted by Gasteiger charge is -2.09. The highest BCUT2D eigenvalue weighted by molar-refractivity contribution is 5.54. The summed E-state index contributed by atoms with van der Waals surface area (Å²) in [5.74, 6) is -0.271. The van der Waals surface area contributed by atoms with Crippen LogP contribution in [0.4, 0.5) is 13.2 Å². The maximum absolute atomic E-state index is 11.9. The molecule has 1 aromatic carbocycles. The van der Waals surface area contributed by atoms with Gasteiger partial charge >= 0.3 is 6.36 Å². The van der Waals surface area contributed by atoms with Gasteiger partial charge in [0.15, 0.2) is 0 Å². The number of ether oxygens (including phenoxy) is 1. The minimum absolute atomic E-state index is 0.135. The van der Waals surface area contributed by atoms with Crippen LogP contribution in [-0.4, -0.2) is 18.1 Å². The van der Waals surface area contributed by atoms with Crippen molar-refractivity contribution in [1.82, 2.24) is 0 Å². The van der Waals surface area contributed by atoms with Crippen molar-refractivity contribution in [2.75, 3.05) is 6.61 Å². The summed E-state index contributed by atoms with van der Waals surface area (Å²) < 4.78 is 39.5. The van der Waals surface area contributed by atoms with Gasteiger partial charge in [0.05, 0.1) is 6.61 Å². The number of rotatable bonds is 3. The van der Waals surface area contributed by atoms with Crippen LogP contribution in [0.25, 0.3) is 6.08 Å². The number of aliphatic hydroxyl groups excluding tert-OH is 1. The summed E-state index contributed by atoms with van der Waals surface area (Å²) in [6.45, 7) is 1.54. The first-order valence-electron chi connectivity index (χ1n) is 4.54. The maximum atomic E-state index is 11.9. The van der Waals surface area contributed by atoms with Crippen LogP contribution in [0.5, 0.6) is 5.75 Å². The van der Waals surface area contributed by atoms with Crippen molar-refractivity contribution in [3.05, 3.63) is 35.4 Å². The number of hydrogen-bond acceptors (Lipinski definition) is 2. The van der Waals surface area contributed by atoms with Gasteiger partial charge in [-0.3, -0.25) is 0 Å². The Bertz CT molecular complexity index is 383. The third kappa shape index (κ3) is 4.35. The van der Waals surface area contributed by atoms with Crippen molar-refractivity contribution in [1.29, 1.82) is 0 Å². The second-order valence-electron chi connectivity index (χ2n) is 3.27. The Morgan fingerprint density at radius 3 is 2.69 bits per heavy atom. The van der Waals surface area contributed by atoms with E-state index in [2.05, 4.69) is 4.74 Å². The van der Waals surface area contributed by atoms with E-state index in [4.69, 9.17) is 5.11 Å². The molecule has 0 heterocycles. The molecule has 2 nitrogen and oxygen atoms in total. The molecule has 0 spiro atoms. The number of aliphatic hydroxyl groups is 1. The summed E-state index contributed by atoms with van der Waals surface area (Å²) in [5.41, 5.74) is 1.21. The van der Waals surface area contributed by atoms with E-state index in [9.17, 15) is 13.2 Å². The van der Waals surface area contributed by atoms with Crippen LogP contribution < -0.4 is 4.74 Å². The molecule has 0 aliphatic rings. The van der Waals surface area contributed by atoms with Gasteiger partial charge in [-0.2, -0.15) is 0 Å². The van der Waals surface area contributed by atoms with E-state index < -0.39 is 6.36 Å². The zero-order valence-electron chi connectivity index (χ0n) is 8.58. The van der Waals surface area contributed by atoms with Crippen LogP contribution in [0.15, 0.2) is 29.8 Å². The third-order valence-electron chi connectivity index (χ3n) is 1.75. The monoisotopic (exact) mass is 232 g/mol. The first kappa shape index (κ1) is 12.6. The Morgan fingerprint density at radius 2 is 2.12 bits per heavy atom. The van der Waals surface area contributed by atoms with E-state index in [-0.39, 0.29) is 12.4 Å². The Morgan fingerprint density at radius 1 is 1.44 bits per heavy atom. The smallest absolute Gasteiger partial charge is 0.406 e. The molecule has 0 saturated carbocycles. The zero-order chi connectivity index (χ0) is 12.2. The predicted molar refractivity (Wildman–Crippen MR) is 53.9 cm³/mol. The molecule has 16 heavy (non-hydrogen) atoms. The molecule has 1 N–H and O–H groups in total. The van der Waals surface area contributed by atoms with Crippen LogP contribution >= 0.6 is 0 Å². The van der Waals surface area contributed by atoms with Gasteiger partial charge in [-0.15, -0.1) is 13.2 Å². The Kier molecular flexibility index (Phi) is 3.95. The van der Waals surface area contributed by atoms with E-state index in [1.54, 1.807) is 19.1 Å². The van der Waals surface area contributed by atoms with E-state index in [0.29, 0.717) is 11.1 Å². The van der Waals surface area contributed by atoms with Gasteiger partial charge in [-0.1, -0.05) is 18.2 Å². The van der Waals surface area contributed by atoms with Gasteiger partial charge in [0.2, 0.25) is 0 Å². The van der Waals surface area contributed by atoms with E-state index in [1.807, 2.05) is 0 Å². The molecular weight excluding hydrogens is 221 g/mol. The Hall–Kier alpha value is -1.49. The number of alkyl halides is 3. The summed E-state index contributed by atoms with van der Waals surface area (Å²) in [6, 6.07) is 5.56. The van der Waals surface area contributed by atoms with Crippen molar-refractivity contribution >= 4 is 6.08 Å². The molecule has 0 fully saturated rings. The van der Waals surface area contributed by atoms with Crippen LogP contribution in [0.2, 0.25) is 0 Å². The largest absolute Gasteiger partial charge is 0.573 e. The van der Waals surface area contributed by atoms with Crippen LogP contribution in [-0.2, 0) is 0 Å². The highest BCUT2D eigenvalue weighted by Crippen LogP contribution is 2.23. The SMILES string of the molecule is C/C(=C/c1cccc(OC(F)(F)F)c1)CO.